The molecule has 2 heteroatoms. The van der Waals surface area contributed by atoms with Crippen LogP contribution in [0, 0.1) is 0 Å². The third kappa shape index (κ3) is 3.78. The van der Waals surface area contributed by atoms with Crippen molar-refractivity contribution in [1.29, 1.82) is 0 Å². The van der Waals surface area contributed by atoms with Gasteiger partial charge in [-0.2, -0.15) is 0 Å². The van der Waals surface area contributed by atoms with E-state index in [0.717, 1.165) is 6.42 Å². The molecule has 0 aliphatic heterocycles. The van der Waals surface area contributed by atoms with E-state index >= 15 is 0 Å². The van der Waals surface area contributed by atoms with Crippen LogP contribution in [-0.4, -0.2) is 24.5 Å². The van der Waals surface area contributed by atoms with E-state index < -0.39 is 0 Å². The van der Waals surface area contributed by atoms with E-state index in [0.29, 0.717) is 5.66 Å². The number of benzene rings is 2. The molecule has 0 saturated heterocycles. The third-order valence-electron chi connectivity index (χ3n) is 3.79. The summed E-state index contributed by atoms with van der Waals surface area (Å²) >= 11 is 0. The van der Waals surface area contributed by atoms with Crippen molar-refractivity contribution in [3.05, 3.63) is 84.5 Å². The minimum atomic E-state index is -0.331. The average molecular weight is 286 g/mol. The minimum absolute atomic E-state index is 0. The van der Waals surface area contributed by atoms with Gasteiger partial charge in [0.05, 0.1) is 0 Å². The molecule has 0 heterocycles. The fourth-order valence-electron chi connectivity index (χ4n) is 2.71. The molecule has 0 radical (unpaired) electrons. The van der Waals surface area contributed by atoms with Gasteiger partial charge in [-0.15, -0.1) is 0 Å². The van der Waals surface area contributed by atoms with Gasteiger partial charge >= 0.3 is 18.9 Å². The van der Waals surface area contributed by atoms with Gasteiger partial charge in [-0.1, -0.05) is 91.4 Å². The van der Waals surface area contributed by atoms with Crippen LogP contribution in [0.4, 0.5) is 0 Å². The van der Waals surface area contributed by atoms with Gasteiger partial charge in [0.2, 0.25) is 0 Å². The van der Waals surface area contributed by atoms with E-state index in [1.807, 2.05) is 0 Å². The number of hydrogen-bond donors (Lipinski definition) is 0. The van der Waals surface area contributed by atoms with Crippen LogP contribution in [0.1, 0.15) is 13.3 Å². The Bertz CT molecular complexity index is 577. The Morgan fingerprint density at radius 3 is 1.81 bits per heavy atom. The van der Waals surface area contributed by atoms with Crippen molar-refractivity contribution in [3.63, 3.8) is 0 Å². The zero-order valence-electron chi connectivity index (χ0n) is 11.7. The fourth-order valence-corrected chi connectivity index (χ4v) is 5.42. The molecule has 102 valence electrons. The van der Waals surface area contributed by atoms with E-state index in [2.05, 4.69) is 85.8 Å². The third-order valence-corrected chi connectivity index (χ3v) is 6.61. The summed E-state index contributed by atoms with van der Waals surface area (Å²) in [6.07, 6.45) is 7.86. The van der Waals surface area contributed by atoms with Gasteiger partial charge in [0.1, 0.15) is 0 Å². The van der Waals surface area contributed by atoms with Crippen molar-refractivity contribution in [2.24, 2.45) is 0 Å². The summed E-state index contributed by atoms with van der Waals surface area (Å²) in [7, 11) is -0.331. The molecule has 0 saturated carbocycles. The number of hydrogen-bond acceptors (Lipinski definition) is 0. The average Bonchev–Trinajstić information content (AvgIpc) is 3.04. The van der Waals surface area contributed by atoms with Gasteiger partial charge in [-0.3, -0.25) is 0 Å². The van der Waals surface area contributed by atoms with E-state index in [-0.39, 0.29) is 26.8 Å². The molecule has 0 nitrogen and oxygen atoms in total. The summed E-state index contributed by atoms with van der Waals surface area (Å²) in [5, 5.41) is 2.93. The van der Waals surface area contributed by atoms with Crippen molar-refractivity contribution in [2.45, 2.75) is 19.0 Å². The Labute approximate surface area is 140 Å². The first-order valence-corrected chi connectivity index (χ1v) is 8.52. The Morgan fingerprint density at radius 2 is 1.38 bits per heavy atom. The Hall–Kier alpha value is -1.05. The van der Waals surface area contributed by atoms with Crippen molar-refractivity contribution >= 4 is 37.4 Å². The second kappa shape index (κ2) is 7.81. The molecule has 21 heavy (non-hydrogen) atoms. The summed E-state index contributed by atoms with van der Waals surface area (Å²) in [5.41, 5.74) is 2.15. The monoisotopic (exact) mass is 286 g/mol. The molecule has 1 unspecified atom stereocenters. The number of rotatable bonds is 4. The molecule has 1 aliphatic carbocycles. The summed E-state index contributed by atoms with van der Waals surface area (Å²) in [4.78, 5) is 0. The molecule has 0 N–H and O–H groups in total. The second-order valence-electron chi connectivity index (χ2n) is 5.09. The van der Waals surface area contributed by atoms with E-state index in [4.69, 9.17) is 0 Å². The standard InChI is InChI=1S/C19H19P.Li.H/c1-16(17-10-8-9-11-17)20(18-12-4-2-5-13-18)19-14-6-3-7-15-19;;/h2-10,12-16H,11H2,1H3;;. The quantitative estimate of drug-likeness (QED) is 0.593. The summed E-state index contributed by atoms with van der Waals surface area (Å²) in [5.74, 6) is 0. The van der Waals surface area contributed by atoms with Crippen LogP contribution in [0.15, 0.2) is 84.5 Å². The second-order valence-corrected chi connectivity index (χ2v) is 7.64. The topological polar surface area (TPSA) is 0 Å². The van der Waals surface area contributed by atoms with Crippen molar-refractivity contribution in [2.75, 3.05) is 0 Å². The SMILES string of the molecule is CC(C1=CC=CC1)P(c1ccccc1)c1ccccc1.[LiH]. The maximum atomic E-state index is 2.38. The molecule has 2 aromatic rings. The van der Waals surface area contributed by atoms with Gasteiger partial charge in [-0.05, 0) is 25.0 Å². The van der Waals surface area contributed by atoms with Gasteiger partial charge in [0.25, 0.3) is 0 Å². The zero-order chi connectivity index (χ0) is 13.8. The first kappa shape index (κ1) is 16.3. The Morgan fingerprint density at radius 1 is 0.857 bits per heavy atom. The summed E-state index contributed by atoms with van der Waals surface area (Å²) in [6.45, 7) is 2.38. The van der Waals surface area contributed by atoms with E-state index in [9.17, 15) is 0 Å². The van der Waals surface area contributed by atoms with Crippen LogP contribution in [0.25, 0.3) is 0 Å². The van der Waals surface area contributed by atoms with Crippen LogP contribution in [0.3, 0.4) is 0 Å². The molecule has 2 aromatic carbocycles. The van der Waals surface area contributed by atoms with Gasteiger partial charge in [-0.25, -0.2) is 0 Å². The fraction of sp³-hybridized carbons (Fsp3) is 0.158. The molecule has 0 bridgehead atoms. The van der Waals surface area contributed by atoms with E-state index in [1.54, 1.807) is 5.57 Å². The summed E-state index contributed by atoms with van der Waals surface area (Å²) < 4.78 is 0. The molecule has 1 atom stereocenters. The van der Waals surface area contributed by atoms with Crippen molar-refractivity contribution in [1.82, 2.24) is 0 Å². The molecule has 0 fully saturated rings. The van der Waals surface area contributed by atoms with Crippen LogP contribution < -0.4 is 10.6 Å². The normalized spacial score (nSPS) is 14.7. The molecular weight excluding hydrogens is 266 g/mol. The van der Waals surface area contributed by atoms with Crippen LogP contribution in [-0.2, 0) is 0 Å². The first-order chi connectivity index (χ1) is 9.86. The first-order valence-electron chi connectivity index (χ1n) is 7.11. The van der Waals surface area contributed by atoms with E-state index in [1.165, 1.54) is 10.6 Å². The molecule has 0 spiro atoms. The molecule has 3 rings (SSSR count). The van der Waals surface area contributed by atoms with Crippen LogP contribution in [0.5, 0.6) is 0 Å². The number of allylic oxidation sites excluding steroid dienone is 4. The van der Waals surface area contributed by atoms with Gasteiger partial charge in [0.15, 0.2) is 0 Å². The van der Waals surface area contributed by atoms with Crippen molar-refractivity contribution in [3.8, 4) is 0 Å². The van der Waals surface area contributed by atoms with Crippen molar-refractivity contribution < 1.29 is 0 Å². The molecule has 0 amide bonds. The summed E-state index contributed by atoms with van der Waals surface area (Å²) in [6, 6.07) is 21.9. The van der Waals surface area contributed by atoms with Crippen LogP contribution >= 0.6 is 7.92 Å². The van der Waals surface area contributed by atoms with Crippen LogP contribution in [0.2, 0.25) is 0 Å². The molecule has 1 aliphatic rings. The predicted octanol–water partition coefficient (Wildman–Crippen LogP) is 3.75. The Kier molecular flexibility index (Phi) is 6.07. The Balaban J connectivity index is 0.00000161. The van der Waals surface area contributed by atoms with Gasteiger partial charge < -0.3 is 0 Å². The maximum absolute atomic E-state index is 2.38. The zero-order valence-corrected chi connectivity index (χ0v) is 12.6. The van der Waals surface area contributed by atoms with Gasteiger partial charge in [0, 0.05) is 5.66 Å². The molecule has 0 aromatic heterocycles. The molecular formula is C19H20LiP. The predicted molar refractivity (Wildman–Crippen MR) is 97.5 cm³/mol.